The summed E-state index contributed by atoms with van der Waals surface area (Å²) in [5.41, 5.74) is 1.68. The van der Waals surface area contributed by atoms with Gasteiger partial charge in [0.1, 0.15) is 4.90 Å². The van der Waals surface area contributed by atoms with Crippen LogP contribution in [0.15, 0.2) is 83.9 Å². The van der Waals surface area contributed by atoms with Gasteiger partial charge in [0.15, 0.2) is 6.10 Å². The molecular weight excluding hydrogens is 524 g/mol. The molecule has 3 aromatic carbocycles. The highest BCUT2D eigenvalue weighted by atomic mass is 35.5. The Morgan fingerprint density at radius 3 is 2.32 bits per heavy atom. The third-order valence-electron chi connectivity index (χ3n) is 6.77. The average Bonchev–Trinajstić information content (AvgIpc) is 3.16. The predicted molar refractivity (Wildman–Crippen MR) is 146 cm³/mol. The minimum Gasteiger partial charge on any atom is -0.445 e. The van der Waals surface area contributed by atoms with Crippen molar-refractivity contribution < 1.29 is 22.7 Å². The minimum atomic E-state index is -3.91. The number of aromatic amines is 1. The molecule has 0 aliphatic carbocycles. The van der Waals surface area contributed by atoms with E-state index in [2.05, 4.69) is 4.98 Å². The number of ether oxygens (including phenoxy) is 1. The summed E-state index contributed by atoms with van der Waals surface area (Å²) >= 11 is 6.31. The van der Waals surface area contributed by atoms with Gasteiger partial charge in [-0.2, -0.15) is 4.31 Å². The number of nitrogens with one attached hydrogen (secondary N) is 1. The summed E-state index contributed by atoms with van der Waals surface area (Å²) in [6.45, 7) is 0.811. The molecule has 7 nitrogen and oxygen atoms in total. The Morgan fingerprint density at radius 1 is 0.895 bits per heavy atom. The second-order valence-electron chi connectivity index (χ2n) is 9.27. The number of Topliss-reactive ketones (excluding diaryl/α,β-unsaturated/α-hetero) is 1. The van der Waals surface area contributed by atoms with Crippen LogP contribution in [0.2, 0.25) is 5.02 Å². The standard InChI is InChI=1S/C29H27ClN2O5S/c30-24-15-14-21(18-26(24)38(35,36)32-16-8-1-2-9-17-32)29(34)37-28(20-10-4-3-5-11-20)27(33)23-19-31-25-13-7-6-12-22(23)25/h3-7,10-15,18-19,28,31H,1-2,8-9,16-17H2/t28-/m0/s1. The fourth-order valence-corrected chi connectivity index (χ4v) is 6.76. The van der Waals surface area contributed by atoms with Crippen molar-refractivity contribution in [2.24, 2.45) is 0 Å². The molecule has 0 spiro atoms. The highest BCUT2D eigenvalue weighted by Crippen LogP contribution is 2.31. The molecular formula is C29H27ClN2O5S. The van der Waals surface area contributed by atoms with E-state index >= 15 is 0 Å². The van der Waals surface area contributed by atoms with E-state index in [0.717, 1.165) is 31.2 Å². The van der Waals surface area contributed by atoms with Crippen LogP contribution in [0, 0.1) is 0 Å². The fraction of sp³-hybridized carbons (Fsp3) is 0.241. The maximum Gasteiger partial charge on any atom is 0.339 e. The van der Waals surface area contributed by atoms with Gasteiger partial charge < -0.3 is 9.72 Å². The van der Waals surface area contributed by atoms with E-state index in [1.54, 1.807) is 36.5 Å². The van der Waals surface area contributed by atoms with E-state index < -0.39 is 27.9 Å². The van der Waals surface area contributed by atoms with Crippen molar-refractivity contribution in [3.05, 3.63) is 101 Å². The first-order valence-electron chi connectivity index (χ1n) is 12.5. The summed E-state index contributed by atoms with van der Waals surface area (Å²) in [7, 11) is -3.91. The third kappa shape index (κ3) is 5.25. The Morgan fingerprint density at radius 2 is 1.58 bits per heavy atom. The van der Waals surface area contributed by atoms with E-state index in [1.807, 2.05) is 24.3 Å². The summed E-state index contributed by atoms with van der Waals surface area (Å²) in [6, 6.07) is 20.1. The average molecular weight is 551 g/mol. The van der Waals surface area contributed by atoms with Gasteiger partial charge in [-0.25, -0.2) is 13.2 Å². The lowest BCUT2D eigenvalue weighted by atomic mass is 9.99. The molecule has 1 N–H and O–H groups in total. The van der Waals surface area contributed by atoms with Crippen LogP contribution in [0.4, 0.5) is 0 Å². The first-order valence-corrected chi connectivity index (χ1v) is 14.3. The molecule has 196 valence electrons. The van der Waals surface area contributed by atoms with Gasteiger partial charge in [0.25, 0.3) is 0 Å². The topological polar surface area (TPSA) is 96.5 Å². The summed E-state index contributed by atoms with van der Waals surface area (Å²) < 4.78 is 34.0. The second-order valence-corrected chi connectivity index (χ2v) is 11.6. The molecule has 1 saturated heterocycles. The lowest BCUT2D eigenvalue weighted by Crippen LogP contribution is -2.32. The number of halogens is 1. The molecule has 0 saturated carbocycles. The molecule has 9 heteroatoms. The van der Waals surface area contributed by atoms with E-state index in [1.165, 1.54) is 22.5 Å². The Labute approximate surface area is 226 Å². The molecule has 5 rings (SSSR count). The largest absolute Gasteiger partial charge is 0.445 e. The summed E-state index contributed by atoms with van der Waals surface area (Å²) in [5.74, 6) is -1.22. The minimum absolute atomic E-state index is 0.00421. The van der Waals surface area contributed by atoms with Crippen molar-refractivity contribution >= 4 is 44.3 Å². The normalized spacial score (nSPS) is 15.6. The van der Waals surface area contributed by atoms with Gasteiger partial charge in [-0.05, 0) is 37.1 Å². The quantitative estimate of drug-likeness (QED) is 0.219. The number of para-hydroxylation sites is 1. The van der Waals surface area contributed by atoms with E-state index in [0.29, 0.717) is 29.6 Å². The Kier molecular flexibility index (Phi) is 7.65. The van der Waals surface area contributed by atoms with Crippen LogP contribution in [0.25, 0.3) is 10.9 Å². The first kappa shape index (κ1) is 26.2. The lowest BCUT2D eigenvalue weighted by molar-refractivity contribution is 0.0280. The van der Waals surface area contributed by atoms with E-state index in [4.69, 9.17) is 16.3 Å². The molecule has 0 radical (unpaired) electrons. The molecule has 0 amide bonds. The van der Waals surface area contributed by atoms with Crippen LogP contribution < -0.4 is 0 Å². The van der Waals surface area contributed by atoms with Crippen molar-refractivity contribution in [3.8, 4) is 0 Å². The Hall–Kier alpha value is -3.46. The monoisotopic (exact) mass is 550 g/mol. The number of hydrogen-bond donors (Lipinski definition) is 1. The van der Waals surface area contributed by atoms with Crippen molar-refractivity contribution in [2.45, 2.75) is 36.7 Å². The zero-order valence-electron chi connectivity index (χ0n) is 20.6. The molecule has 4 aromatic rings. The number of benzene rings is 3. The van der Waals surface area contributed by atoms with Gasteiger partial charge in [0, 0.05) is 41.3 Å². The zero-order valence-corrected chi connectivity index (χ0v) is 22.2. The predicted octanol–water partition coefficient (Wildman–Crippen LogP) is 6.17. The van der Waals surface area contributed by atoms with Gasteiger partial charge in [-0.15, -0.1) is 0 Å². The lowest BCUT2D eigenvalue weighted by Gasteiger charge is -2.21. The maximum atomic E-state index is 13.7. The van der Waals surface area contributed by atoms with Crippen molar-refractivity contribution in [2.75, 3.05) is 13.1 Å². The summed E-state index contributed by atoms with van der Waals surface area (Å²) in [5, 5.41) is 0.743. The van der Waals surface area contributed by atoms with Crippen molar-refractivity contribution in [1.82, 2.24) is 9.29 Å². The van der Waals surface area contributed by atoms with Gasteiger partial charge in [-0.3, -0.25) is 4.79 Å². The zero-order chi connectivity index (χ0) is 26.7. The van der Waals surface area contributed by atoms with Gasteiger partial charge in [0.2, 0.25) is 15.8 Å². The fourth-order valence-electron chi connectivity index (χ4n) is 4.74. The molecule has 38 heavy (non-hydrogen) atoms. The maximum absolute atomic E-state index is 13.7. The second kappa shape index (κ2) is 11.1. The number of ketones is 1. The van der Waals surface area contributed by atoms with Crippen LogP contribution in [-0.4, -0.2) is 42.5 Å². The number of rotatable bonds is 7. The Bertz CT molecular complexity index is 1580. The van der Waals surface area contributed by atoms with Gasteiger partial charge in [0.05, 0.1) is 10.6 Å². The van der Waals surface area contributed by atoms with Crippen LogP contribution in [0.3, 0.4) is 0 Å². The molecule has 1 fully saturated rings. The van der Waals surface area contributed by atoms with Crippen LogP contribution in [-0.2, 0) is 14.8 Å². The highest BCUT2D eigenvalue weighted by Gasteiger charge is 2.31. The van der Waals surface area contributed by atoms with Gasteiger partial charge in [-0.1, -0.05) is 73.0 Å². The molecule has 0 unspecified atom stereocenters. The number of hydrogen-bond acceptors (Lipinski definition) is 5. The molecule has 2 heterocycles. The first-order chi connectivity index (χ1) is 18.4. The molecule has 1 aliphatic heterocycles. The number of nitrogens with zero attached hydrogens (tertiary/aromatic N) is 1. The van der Waals surface area contributed by atoms with E-state index in [9.17, 15) is 18.0 Å². The summed E-state index contributed by atoms with van der Waals surface area (Å²) in [4.78, 5) is 30.0. The number of aromatic nitrogens is 1. The van der Waals surface area contributed by atoms with Crippen LogP contribution in [0.5, 0.6) is 0 Å². The molecule has 1 atom stereocenters. The van der Waals surface area contributed by atoms with Crippen molar-refractivity contribution in [3.63, 3.8) is 0 Å². The summed E-state index contributed by atoms with van der Waals surface area (Å²) in [6.07, 6.45) is 3.85. The number of H-pyrrole nitrogens is 1. The number of carbonyl (C=O) groups is 2. The number of carbonyl (C=O) groups excluding carboxylic acids is 2. The van der Waals surface area contributed by atoms with Crippen LogP contribution >= 0.6 is 11.6 Å². The van der Waals surface area contributed by atoms with Crippen molar-refractivity contribution in [1.29, 1.82) is 0 Å². The third-order valence-corrected chi connectivity index (χ3v) is 9.15. The smallest absolute Gasteiger partial charge is 0.339 e. The molecule has 0 bridgehead atoms. The molecule has 1 aromatic heterocycles. The SMILES string of the molecule is O=C(O[C@H](C(=O)c1c[nH]c2ccccc12)c1ccccc1)c1ccc(Cl)c(S(=O)(=O)N2CCCCCC2)c1. The highest BCUT2D eigenvalue weighted by molar-refractivity contribution is 7.89. The Balaban J connectivity index is 1.47. The molecule has 1 aliphatic rings. The number of fused-ring (bicyclic) bond motifs is 1. The van der Waals surface area contributed by atoms with Crippen LogP contribution in [0.1, 0.15) is 58.1 Å². The van der Waals surface area contributed by atoms with Gasteiger partial charge >= 0.3 is 5.97 Å². The van der Waals surface area contributed by atoms with E-state index in [-0.39, 0.29) is 15.5 Å². The number of esters is 1. The number of sulfonamides is 1.